The van der Waals surface area contributed by atoms with E-state index in [1.165, 1.54) is 11.8 Å². The summed E-state index contributed by atoms with van der Waals surface area (Å²) in [5, 5.41) is 0.616. The lowest BCUT2D eigenvalue weighted by Gasteiger charge is -2.30. The van der Waals surface area contributed by atoms with Gasteiger partial charge in [0.2, 0.25) is 5.91 Å². The van der Waals surface area contributed by atoms with Crippen molar-refractivity contribution in [2.45, 2.75) is 24.7 Å². The molecule has 0 bridgehead atoms. The van der Waals surface area contributed by atoms with Crippen LogP contribution in [0.5, 0.6) is 0 Å². The Hall–Kier alpha value is -0.870. The molecule has 1 aromatic carbocycles. The Labute approximate surface area is 123 Å². The molecule has 1 aliphatic rings. The highest BCUT2D eigenvalue weighted by Crippen LogP contribution is 2.32. The van der Waals surface area contributed by atoms with Crippen LogP contribution in [0.15, 0.2) is 23.1 Å². The van der Waals surface area contributed by atoms with Crippen LogP contribution >= 0.6 is 23.4 Å². The zero-order chi connectivity index (χ0) is 13.8. The monoisotopic (exact) mass is 298 g/mol. The predicted octanol–water partition coefficient (Wildman–Crippen LogP) is 3.27. The number of carbonyl (C=O) groups excluding carboxylic acids is 1. The summed E-state index contributed by atoms with van der Waals surface area (Å²) in [6.45, 7) is 3.98. The van der Waals surface area contributed by atoms with E-state index in [2.05, 4.69) is 6.92 Å². The number of nitrogens with zero attached hydrogens (tertiary/aromatic N) is 1. The van der Waals surface area contributed by atoms with Crippen molar-refractivity contribution in [2.24, 2.45) is 5.92 Å². The van der Waals surface area contributed by atoms with Gasteiger partial charge in [-0.05, 0) is 30.9 Å². The number of carbonyl (C=O) groups is 1. The van der Waals surface area contributed by atoms with Gasteiger partial charge in [-0.2, -0.15) is 0 Å². The van der Waals surface area contributed by atoms with E-state index in [1.807, 2.05) is 11.0 Å². The SMILES string of the molecule is CC1CCN(C(=O)CSc2c(N)cccc2Cl)CC1. The van der Waals surface area contributed by atoms with Crippen LogP contribution in [0.2, 0.25) is 5.02 Å². The van der Waals surface area contributed by atoms with Crippen molar-refractivity contribution in [3.8, 4) is 0 Å². The smallest absolute Gasteiger partial charge is 0.232 e. The number of nitrogens with two attached hydrogens (primary N) is 1. The minimum atomic E-state index is 0.177. The van der Waals surface area contributed by atoms with Crippen molar-refractivity contribution in [1.82, 2.24) is 4.90 Å². The van der Waals surface area contributed by atoms with Gasteiger partial charge in [0.15, 0.2) is 0 Å². The van der Waals surface area contributed by atoms with Gasteiger partial charge < -0.3 is 10.6 Å². The Balaban J connectivity index is 1.90. The number of amides is 1. The van der Waals surface area contributed by atoms with Crippen molar-refractivity contribution in [1.29, 1.82) is 0 Å². The number of hydrogen-bond acceptors (Lipinski definition) is 3. The molecule has 0 atom stereocenters. The van der Waals surface area contributed by atoms with Gasteiger partial charge in [-0.15, -0.1) is 11.8 Å². The molecule has 2 rings (SSSR count). The number of rotatable bonds is 3. The topological polar surface area (TPSA) is 46.3 Å². The van der Waals surface area contributed by atoms with Crippen LogP contribution in [0.25, 0.3) is 0 Å². The molecule has 0 radical (unpaired) electrons. The van der Waals surface area contributed by atoms with Crippen LogP contribution in [-0.2, 0) is 4.79 Å². The second kappa shape index (κ2) is 6.53. The first-order chi connectivity index (χ1) is 9.08. The van der Waals surface area contributed by atoms with Crippen molar-refractivity contribution in [3.05, 3.63) is 23.2 Å². The maximum atomic E-state index is 12.1. The Morgan fingerprint density at radius 3 is 2.79 bits per heavy atom. The van der Waals surface area contributed by atoms with Crippen LogP contribution in [0, 0.1) is 5.92 Å². The average Bonchev–Trinajstić information content (AvgIpc) is 2.38. The highest BCUT2D eigenvalue weighted by Gasteiger charge is 2.20. The van der Waals surface area contributed by atoms with Crippen LogP contribution in [0.4, 0.5) is 5.69 Å². The number of hydrogen-bond donors (Lipinski definition) is 1. The Kier molecular flexibility index (Phi) is 4.99. The second-order valence-corrected chi connectivity index (χ2v) is 6.40. The second-order valence-electron chi connectivity index (χ2n) is 5.01. The largest absolute Gasteiger partial charge is 0.398 e. The highest BCUT2D eigenvalue weighted by molar-refractivity contribution is 8.00. The molecule has 0 spiro atoms. The van der Waals surface area contributed by atoms with E-state index in [4.69, 9.17) is 17.3 Å². The Morgan fingerprint density at radius 2 is 2.16 bits per heavy atom. The van der Waals surface area contributed by atoms with Crippen LogP contribution in [0.3, 0.4) is 0 Å². The van der Waals surface area contributed by atoms with E-state index in [9.17, 15) is 4.79 Å². The van der Waals surface area contributed by atoms with E-state index in [-0.39, 0.29) is 5.91 Å². The molecule has 0 aromatic heterocycles. The van der Waals surface area contributed by atoms with E-state index in [0.29, 0.717) is 16.5 Å². The predicted molar refractivity (Wildman–Crippen MR) is 81.6 cm³/mol. The van der Waals surface area contributed by atoms with Gasteiger partial charge in [0.1, 0.15) is 0 Å². The van der Waals surface area contributed by atoms with Gasteiger partial charge in [-0.25, -0.2) is 0 Å². The Morgan fingerprint density at radius 1 is 1.47 bits per heavy atom. The molecule has 1 amide bonds. The number of likely N-dealkylation sites (tertiary alicyclic amines) is 1. The molecule has 3 nitrogen and oxygen atoms in total. The summed E-state index contributed by atoms with van der Waals surface area (Å²) in [7, 11) is 0. The molecule has 5 heteroatoms. The molecule has 2 N–H and O–H groups in total. The fourth-order valence-corrected chi connectivity index (χ4v) is 3.40. The zero-order valence-corrected chi connectivity index (χ0v) is 12.6. The molecule has 0 unspecified atom stereocenters. The van der Waals surface area contributed by atoms with Crippen molar-refractivity contribution in [2.75, 3.05) is 24.6 Å². The number of piperidine rings is 1. The zero-order valence-electron chi connectivity index (χ0n) is 11.1. The van der Waals surface area contributed by atoms with Gasteiger partial charge in [-0.3, -0.25) is 4.79 Å². The molecule has 1 fully saturated rings. The summed E-state index contributed by atoms with van der Waals surface area (Å²) in [5.41, 5.74) is 6.51. The summed E-state index contributed by atoms with van der Waals surface area (Å²) in [6, 6.07) is 5.42. The molecule has 0 aliphatic carbocycles. The van der Waals surface area contributed by atoms with Crippen molar-refractivity contribution >= 4 is 35.0 Å². The highest BCUT2D eigenvalue weighted by atomic mass is 35.5. The molecular weight excluding hydrogens is 280 g/mol. The molecule has 1 heterocycles. The number of anilines is 1. The fourth-order valence-electron chi connectivity index (χ4n) is 2.16. The van der Waals surface area contributed by atoms with Crippen LogP contribution in [0.1, 0.15) is 19.8 Å². The van der Waals surface area contributed by atoms with Gasteiger partial charge in [-0.1, -0.05) is 24.6 Å². The number of nitrogen functional groups attached to an aromatic ring is 1. The standard InChI is InChI=1S/C14H19ClN2OS/c1-10-5-7-17(8-6-10)13(18)9-19-14-11(15)3-2-4-12(14)16/h2-4,10H,5-9,16H2,1H3. The first-order valence-electron chi connectivity index (χ1n) is 6.52. The van der Waals surface area contributed by atoms with Gasteiger partial charge in [0.05, 0.1) is 10.8 Å². The summed E-state index contributed by atoms with van der Waals surface area (Å²) in [5.74, 6) is 1.31. The lowest BCUT2D eigenvalue weighted by Crippen LogP contribution is -2.38. The molecular formula is C14H19ClN2OS. The third-order valence-corrected chi connectivity index (χ3v) is 5.04. The van der Waals surface area contributed by atoms with Crippen LogP contribution < -0.4 is 5.73 Å². The number of benzene rings is 1. The fraction of sp³-hybridized carbons (Fsp3) is 0.500. The Bertz CT molecular complexity index is 439. The van der Waals surface area contributed by atoms with Gasteiger partial charge in [0, 0.05) is 23.7 Å². The lowest BCUT2D eigenvalue weighted by atomic mass is 9.99. The minimum Gasteiger partial charge on any atom is -0.398 e. The molecule has 0 saturated carbocycles. The first kappa shape index (κ1) is 14.5. The summed E-state index contributed by atoms with van der Waals surface area (Å²) in [6.07, 6.45) is 2.20. The molecule has 1 saturated heterocycles. The van der Waals surface area contributed by atoms with Crippen LogP contribution in [-0.4, -0.2) is 29.6 Å². The van der Waals surface area contributed by atoms with Crippen molar-refractivity contribution < 1.29 is 4.79 Å². The van der Waals surface area contributed by atoms with Gasteiger partial charge >= 0.3 is 0 Å². The van der Waals surface area contributed by atoms with E-state index < -0.39 is 0 Å². The number of thioether (sulfide) groups is 1. The quantitative estimate of drug-likeness (QED) is 0.688. The van der Waals surface area contributed by atoms with E-state index in [1.54, 1.807) is 12.1 Å². The molecule has 1 aliphatic heterocycles. The molecule has 19 heavy (non-hydrogen) atoms. The summed E-state index contributed by atoms with van der Waals surface area (Å²) < 4.78 is 0. The van der Waals surface area contributed by atoms with Gasteiger partial charge in [0.25, 0.3) is 0 Å². The lowest BCUT2D eigenvalue weighted by molar-refractivity contribution is -0.129. The first-order valence-corrected chi connectivity index (χ1v) is 7.89. The van der Waals surface area contributed by atoms with E-state index >= 15 is 0 Å². The molecule has 104 valence electrons. The third-order valence-electron chi connectivity index (χ3n) is 3.47. The third kappa shape index (κ3) is 3.80. The normalized spacial score (nSPS) is 16.6. The number of halogens is 1. The van der Waals surface area contributed by atoms with Crippen molar-refractivity contribution in [3.63, 3.8) is 0 Å². The maximum Gasteiger partial charge on any atom is 0.232 e. The minimum absolute atomic E-state index is 0.177. The summed E-state index contributed by atoms with van der Waals surface area (Å²) >= 11 is 7.52. The summed E-state index contributed by atoms with van der Waals surface area (Å²) in [4.78, 5) is 14.9. The molecule has 1 aromatic rings. The average molecular weight is 299 g/mol. The van der Waals surface area contributed by atoms with E-state index in [0.717, 1.165) is 36.7 Å². The maximum absolute atomic E-state index is 12.1.